The number of benzene rings is 2. The van der Waals surface area contributed by atoms with Crippen molar-refractivity contribution in [3.05, 3.63) is 87.3 Å². The molecular formula is C27H28N2O6. The van der Waals surface area contributed by atoms with E-state index in [1.54, 1.807) is 25.3 Å². The third-order valence-electron chi connectivity index (χ3n) is 5.28. The number of aromatic nitrogens is 1. The van der Waals surface area contributed by atoms with Crippen LogP contribution in [-0.2, 0) is 11.3 Å². The first-order chi connectivity index (χ1) is 17.0. The quantitative estimate of drug-likeness (QED) is 0.290. The number of rotatable bonds is 12. The Balaban J connectivity index is 1.82. The molecule has 3 aromatic rings. The van der Waals surface area contributed by atoms with Crippen molar-refractivity contribution >= 4 is 5.78 Å². The fourth-order valence-corrected chi connectivity index (χ4v) is 3.43. The first kappa shape index (κ1) is 25.5. The molecule has 0 saturated heterocycles. The first-order valence-corrected chi connectivity index (χ1v) is 11.2. The molecule has 0 N–H and O–H groups in total. The van der Waals surface area contributed by atoms with E-state index < -0.39 is 11.3 Å². The number of ether oxygens (including phenoxy) is 4. The Kier molecular flexibility index (Phi) is 9.04. The lowest BCUT2D eigenvalue weighted by Gasteiger charge is -2.14. The summed E-state index contributed by atoms with van der Waals surface area (Å²) in [5.41, 5.74) is 1.04. The molecule has 2 aromatic carbocycles. The van der Waals surface area contributed by atoms with Crippen LogP contribution >= 0.6 is 0 Å². The summed E-state index contributed by atoms with van der Waals surface area (Å²) in [5, 5.41) is 9.42. The monoisotopic (exact) mass is 476 g/mol. The average Bonchev–Trinajstić information content (AvgIpc) is 2.88. The van der Waals surface area contributed by atoms with Gasteiger partial charge in [0.1, 0.15) is 42.1 Å². The third kappa shape index (κ3) is 6.71. The molecule has 35 heavy (non-hydrogen) atoms. The third-order valence-corrected chi connectivity index (χ3v) is 5.28. The summed E-state index contributed by atoms with van der Waals surface area (Å²) < 4.78 is 23.3. The largest absolute Gasteiger partial charge is 0.497 e. The van der Waals surface area contributed by atoms with E-state index in [1.165, 1.54) is 23.9 Å². The Labute approximate surface area is 204 Å². The van der Waals surface area contributed by atoms with E-state index >= 15 is 0 Å². The zero-order chi connectivity index (χ0) is 25.2. The Morgan fingerprint density at radius 3 is 2.37 bits per heavy atom. The second kappa shape index (κ2) is 12.4. The zero-order valence-electron chi connectivity index (χ0n) is 20.1. The van der Waals surface area contributed by atoms with E-state index in [1.807, 2.05) is 37.3 Å². The molecule has 0 unspecified atom stereocenters. The number of nitriles is 1. The van der Waals surface area contributed by atoms with Gasteiger partial charge >= 0.3 is 0 Å². The number of methoxy groups -OCH3 is 2. The smallest absolute Gasteiger partial charge is 0.268 e. The summed E-state index contributed by atoms with van der Waals surface area (Å²) in [5.74, 6) is 1.16. The van der Waals surface area contributed by atoms with Gasteiger partial charge in [-0.05, 0) is 49.7 Å². The zero-order valence-corrected chi connectivity index (χ0v) is 20.1. The van der Waals surface area contributed by atoms with E-state index in [-0.39, 0.29) is 29.9 Å². The van der Waals surface area contributed by atoms with E-state index in [4.69, 9.17) is 18.9 Å². The van der Waals surface area contributed by atoms with E-state index in [0.717, 1.165) is 11.3 Å². The average molecular weight is 477 g/mol. The van der Waals surface area contributed by atoms with Crippen LogP contribution in [0.3, 0.4) is 0 Å². The van der Waals surface area contributed by atoms with Crippen LogP contribution in [0, 0.1) is 18.3 Å². The van der Waals surface area contributed by atoms with Gasteiger partial charge in [0.05, 0.1) is 12.7 Å². The molecule has 8 heteroatoms. The van der Waals surface area contributed by atoms with Gasteiger partial charge in [-0.2, -0.15) is 5.26 Å². The van der Waals surface area contributed by atoms with Crippen LogP contribution in [0.5, 0.6) is 17.2 Å². The minimum atomic E-state index is -0.449. The van der Waals surface area contributed by atoms with Gasteiger partial charge in [0.2, 0.25) is 0 Å². The van der Waals surface area contributed by atoms with Gasteiger partial charge in [0, 0.05) is 32.0 Å². The van der Waals surface area contributed by atoms with Crippen molar-refractivity contribution in [1.29, 1.82) is 5.26 Å². The lowest BCUT2D eigenvalue weighted by molar-refractivity contribution is 0.103. The van der Waals surface area contributed by atoms with Crippen molar-refractivity contribution in [1.82, 2.24) is 4.57 Å². The van der Waals surface area contributed by atoms with Gasteiger partial charge in [-0.25, -0.2) is 0 Å². The maximum Gasteiger partial charge on any atom is 0.268 e. The molecule has 1 aromatic heterocycles. The summed E-state index contributed by atoms with van der Waals surface area (Å²) >= 11 is 0. The number of pyridine rings is 1. The van der Waals surface area contributed by atoms with Crippen LogP contribution in [0.15, 0.2) is 59.5 Å². The maximum absolute atomic E-state index is 13.5. The van der Waals surface area contributed by atoms with Gasteiger partial charge in [-0.1, -0.05) is 17.7 Å². The fourth-order valence-electron chi connectivity index (χ4n) is 3.43. The van der Waals surface area contributed by atoms with Gasteiger partial charge in [-0.15, -0.1) is 0 Å². The van der Waals surface area contributed by atoms with Crippen molar-refractivity contribution < 1.29 is 23.7 Å². The highest BCUT2D eigenvalue weighted by molar-refractivity contribution is 6.11. The predicted octanol–water partition coefficient (Wildman–Crippen LogP) is 3.76. The van der Waals surface area contributed by atoms with Gasteiger partial charge in [0.25, 0.3) is 5.56 Å². The molecule has 0 fully saturated rings. The standard InChI is InChI=1S/C27H28N2O6/c1-19-5-7-22(8-6-19)34-13-14-35-25-10-9-23(33-3)16-24(25)26(30)21-15-20(17-28)27(31)29(18-21)11-4-12-32-2/h5-10,15-16,18H,4,11-14H2,1-3H3. The minimum absolute atomic E-state index is 0.106. The van der Waals surface area contributed by atoms with Crippen LogP contribution in [0.2, 0.25) is 0 Å². The Hall–Kier alpha value is -4.09. The molecular weight excluding hydrogens is 448 g/mol. The van der Waals surface area contributed by atoms with Crippen molar-refractivity contribution in [2.75, 3.05) is 34.0 Å². The number of carbonyl (C=O) groups excluding carboxylic acids is 1. The highest BCUT2D eigenvalue weighted by Gasteiger charge is 2.19. The van der Waals surface area contributed by atoms with Gasteiger partial charge in [0.15, 0.2) is 5.78 Å². The Morgan fingerprint density at radius 2 is 1.69 bits per heavy atom. The molecule has 1 heterocycles. The number of carbonyl (C=O) groups is 1. The van der Waals surface area contributed by atoms with Crippen molar-refractivity contribution in [2.24, 2.45) is 0 Å². The minimum Gasteiger partial charge on any atom is -0.497 e. The van der Waals surface area contributed by atoms with Crippen LogP contribution in [0.1, 0.15) is 33.5 Å². The summed E-state index contributed by atoms with van der Waals surface area (Å²) in [4.78, 5) is 26.0. The maximum atomic E-state index is 13.5. The molecule has 0 spiro atoms. The molecule has 0 aliphatic rings. The molecule has 0 saturated carbocycles. The summed E-state index contributed by atoms with van der Waals surface area (Å²) in [6, 6.07) is 15.8. The summed E-state index contributed by atoms with van der Waals surface area (Å²) in [6.07, 6.45) is 2.03. The predicted molar refractivity (Wildman–Crippen MR) is 131 cm³/mol. The van der Waals surface area contributed by atoms with Crippen molar-refractivity contribution in [2.45, 2.75) is 19.9 Å². The molecule has 0 bridgehead atoms. The van der Waals surface area contributed by atoms with Crippen LogP contribution in [-0.4, -0.2) is 44.4 Å². The lowest BCUT2D eigenvalue weighted by Crippen LogP contribution is -2.24. The van der Waals surface area contributed by atoms with Crippen LogP contribution in [0.4, 0.5) is 0 Å². The topological polar surface area (TPSA) is 99.8 Å². The first-order valence-electron chi connectivity index (χ1n) is 11.2. The molecule has 8 nitrogen and oxygen atoms in total. The fraction of sp³-hybridized carbons (Fsp3) is 0.296. The SMILES string of the molecule is COCCCn1cc(C(=O)c2cc(OC)ccc2OCCOc2ccc(C)cc2)cc(C#N)c1=O. The highest BCUT2D eigenvalue weighted by atomic mass is 16.5. The number of nitrogens with zero attached hydrogens (tertiary/aromatic N) is 2. The molecule has 0 amide bonds. The van der Waals surface area contributed by atoms with Gasteiger partial charge < -0.3 is 23.5 Å². The lowest BCUT2D eigenvalue weighted by atomic mass is 10.0. The Morgan fingerprint density at radius 1 is 0.971 bits per heavy atom. The number of hydrogen-bond donors (Lipinski definition) is 0. The number of aryl methyl sites for hydroxylation is 2. The van der Waals surface area contributed by atoms with Crippen LogP contribution in [0.25, 0.3) is 0 Å². The van der Waals surface area contributed by atoms with E-state index in [2.05, 4.69) is 0 Å². The molecule has 3 rings (SSSR count). The molecule has 0 aliphatic heterocycles. The summed E-state index contributed by atoms with van der Waals surface area (Å²) in [6.45, 7) is 3.26. The molecule has 0 atom stereocenters. The van der Waals surface area contributed by atoms with Crippen molar-refractivity contribution in [3.63, 3.8) is 0 Å². The highest BCUT2D eigenvalue weighted by Crippen LogP contribution is 2.27. The Bertz CT molecular complexity index is 1260. The number of ketones is 1. The van der Waals surface area contributed by atoms with E-state index in [0.29, 0.717) is 31.1 Å². The number of hydrogen-bond acceptors (Lipinski definition) is 7. The molecule has 182 valence electrons. The van der Waals surface area contributed by atoms with E-state index in [9.17, 15) is 14.9 Å². The normalized spacial score (nSPS) is 10.5. The van der Waals surface area contributed by atoms with Gasteiger partial charge in [-0.3, -0.25) is 9.59 Å². The van der Waals surface area contributed by atoms with Crippen molar-refractivity contribution in [3.8, 4) is 23.3 Å². The van der Waals surface area contributed by atoms with Crippen LogP contribution < -0.4 is 19.8 Å². The molecule has 0 radical (unpaired) electrons. The second-order valence-electron chi connectivity index (χ2n) is 7.80. The second-order valence-corrected chi connectivity index (χ2v) is 7.80. The summed E-state index contributed by atoms with van der Waals surface area (Å²) in [7, 11) is 3.07. The molecule has 0 aliphatic carbocycles.